The van der Waals surface area contributed by atoms with E-state index in [0.29, 0.717) is 33.1 Å². The minimum atomic E-state index is -0.698. The topological polar surface area (TPSA) is 76.6 Å². The molecule has 0 radical (unpaired) electrons. The normalized spacial score (nSPS) is 15.8. The first kappa shape index (κ1) is 18.6. The first-order valence-corrected chi connectivity index (χ1v) is 9.83. The van der Waals surface area contributed by atoms with Crippen molar-refractivity contribution in [3.05, 3.63) is 91.5 Å². The third kappa shape index (κ3) is 2.68. The third-order valence-electron chi connectivity index (χ3n) is 5.53. The maximum atomic E-state index is 13.6. The Hall–Kier alpha value is -3.38. The minimum absolute atomic E-state index is 0.0244. The lowest BCUT2D eigenvalue weighted by molar-refractivity contribution is 0.0969. The predicted molar refractivity (Wildman–Crippen MR) is 113 cm³/mol. The highest BCUT2D eigenvalue weighted by Crippen LogP contribution is 2.41. The molecular weight excluding hydrogens is 404 g/mol. The molecule has 0 saturated carbocycles. The van der Waals surface area contributed by atoms with Crippen molar-refractivity contribution in [1.29, 1.82) is 0 Å². The molecule has 0 N–H and O–H groups in total. The van der Waals surface area contributed by atoms with Crippen LogP contribution in [0.25, 0.3) is 11.0 Å². The van der Waals surface area contributed by atoms with E-state index in [9.17, 15) is 9.59 Å². The Kier molecular flexibility index (Phi) is 4.08. The number of amides is 1. The SMILES string of the molecule is Cc1cc(N2C(=O)c3oc4cc(C)c(C)cc4c(=O)c3[C@H]2c2ccc(Cl)cc2)no1. The summed E-state index contributed by atoms with van der Waals surface area (Å²) in [5.41, 5.74) is 3.13. The van der Waals surface area contributed by atoms with Crippen LogP contribution in [-0.2, 0) is 0 Å². The number of fused-ring (bicyclic) bond motifs is 2. The highest BCUT2D eigenvalue weighted by atomic mass is 35.5. The molecule has 4 aromatic rings. The number of benzene rings is 2. The molecule has 0 aliphatic carbocycles. The van der Waals surface area contributed by atoms with Crippen LogP contribution in [0.1, 0.15) is 44.6 Å². The number of hydrogen-bond donors (Lipinski definition) is 0. The highest BCUT2D eigenvalue weighted by Gasteiger charge is 2.44. The van der Waals surface area contributed by atoms with Gasteiger partial charge in [0.2, 0.25) is 5.76 Å². The van der Waals surface area contributed by atoms with Crippen LogP contribution in [0.15, 0.2) is 56.2 Å². The van der Waals surface area contributed by atoms with Crippen LogP contribution < -0.4 is 10.3 Å². The molecule has 5 rings (SSSR count). The highest BCUT2D eigenvalue weighted by molar-refractivity contribution is 6.30. The zero-order valence-electron chi connectivity index (χ0n) is 16.5. The fourth-order valence-electron chi connectivity index (χ4n) is 3.89. The lowest BCUT2D eigenvalue weighted by Gasteiger charge is -2.22. The number of nitrogens with zero attached hydrogens (tertiary/aromatic N) is 2. The summed E-state index contributed by atoms with van der Waals surface area (Å²) in [6.07, 6.45) is 0. The number of carbonyl (C=O) groups excluding carboxylic acids is 1. The number of hydrogen-bond acceptors (Lipinski definition) is 5. The van der Waals surface area contributed by atoms with Gasteiger partial charge in [0.05, 0.1) is 17.0 Å². The molecule has 150 valence electrons. The van der Waals surface area contributed by atoms with Gasteiger partial charge in [-0.05, 0) is 61.7 Å². The number of anilines is 1. The van der Waals surface area contributed by atoms with Crippen molar-refractivity contribution in [2.75, 3.05) is 4.90 Å². The molecule has 1 aliphatic heterocycles. The van der Waals surface area contributed by atoms with Gasteiger partial charge >= 0.3 is 0 Å². The molecule has 0 unspecified atom stereocenters. The van der Waals surface area contributed by atoms with E-state index in [1.165, 1.54) is 4.90 Å². The van der Waals surface area contributed by atoms with Crippen molar-refractivity contribution in [3.8, 4) is 0 Å². The van der Waals surface area contributed by atoms with Crippen LogP contribution in [0.2, 0.25) is 5.02 Å². The molecule has 0 bridgehead atoms. The lowest BCUT2D eigenvalue weighted by atomic mass is 9.97. The first-order valence-electron chi connectivity index (χ1n) is 9.45. The summed E-state index contributed by atoms with van der Waals surface area (Å²) in [6, 6.07) is 11.6. The Morgan fingerprint density at radius 1 is 1.00 bits per heavy atom. The lowest BCUT2D eigenvalue weighted by Crippen LogP contribution is -2.29. The summed E-state index contributed by atoms with van der Waals surface area (Å²) < 4.78 is 11.2. The third-order valence-corrected chi connectivity index (χ3v) is 5.79. The summed E-state index contributed by atoms with van der Waals surface area (Å²) in [5.74, 6) is 0.464. The van der Waals surface area contributed by atoms with Crippen LogP contribution in [0.5, 0.6) is 0 Å². The number of halogens is 1. The van der Waals surface area contributed by atoms with Gasteiger partial charge in [-0.2, -0.15) is 0 Å². The Morgan fingerprint density at radius 3 is 2.37 bits per heavy atom. The van der Waals surface area contributed by atoms with Crippen molar-refractivity contribution in [3.63, 3.8) is 0 Å². The summed E-state index contributed by atoms with van der Waals surface area (Å²) in [6.45, 7) is 5.61. The van der Waals surface area contributed by atoms with E-state index in [1.807, 2.05) is 19.9 Å². The smallest absolute Gasteiger partial charge is 0.296 e. The van der Waals surface area contributed by atoms with Crippen LogP contribution in [0.3, 0.4) is 0 Å². The van der Waals surface area contributed by atoms with Gasteiger partial charge in [-0.15, -0.1) is 0 Å². The zero-order valence-corrected chi connectivity index (χ0v) is 17.3. The van der Waals surface area contributed by atoms with Crippen molar-refractivity contribution < 1.29 is 13.7 Å². The summed E-state index contributed by atoms with van der Waals surface area (Å²) in [4.78, 5) is 28.4. The molecule has 2 aromatic carbocycles. The van der Waals surface area contributed by atoms with Crippen molar-refractivity contribution in [1.82, 2.24) is 5.16 Å². The molecular formula is C23H17ClN2O4. The van der Waals surface area contributed by atoms with Crippen molar-refractivity contribution in [2.45, 2.75) is 26.8 Å². The van der Waals surface area contributed by atoms with E-state index >= 15 is 0 Å². The van der Waals surface area contributed by atoms with E-state index in [4.69, 9.17) is 20.5 Å². The van der Waals surface area contributed by atoms with E-state index < -0.39 is 11.9 Å². The van der Waals surface area contributed by atoms with Crippen LogP contribution >= 0.6 is 11.6 Å². The van der Waals surface area contributed by atoms with Gasteiger partial charge in [-0.1, -0.05) is 28.9 Å². The average molecular weight is 421 g/mol. The number of aromatic nitrogens is 1. The fourth-order valence-corrected chi connectivity index (χ4v) is 4.02. The monoisotopic (exact) mass is 420 g/mol. The van der Waals surface area contributed by atoms with E-state index in [1.54, 1.807) is 43.3 Å². The Labute approximate surface area is 176 Å². The largest absolute Gasteiger partial charge is 0.450 e. The predicted octanol–water partition coefficient (Wildman–Crippen LogP) is 5.11. The number of aryl methyl sites for hydroxylation is 3. The second kappa shape index (κ2) is 6.57. The minimum Gasteiger partial charge on any atom is -0.450 e. The number of carbonyl (C=O) groups is 1. The molecule has 0 fully saturated rings. The van der Waals surface area contributed by atoms with Crippen LogP contribution in [0, 0.1) is 20.8 Å². The maximum absolute atomic E-state index is 13.6. The van der Waals surface area contributed by atoms with Gasteiger partial charge in [0, 0.05) is 11.1 Å². The molecule has 7 heteroatoms. The van der Waals surface area contributed by atoms with Crippen LogP contribution in [-0.4, -0.2) is 11.1 Å². The zero-order chi connectivity index (χ0) is 21.2. The molecule has 0 spiro atoms. The summed E-state index contributed by atoms with van der Waals surface area (Å²) in [7, 11) is 0. The van der Waals surface area contributed by atoms with Gasteiger partial charge in [0.25, 0.3) is 5.91 Å². The van der Waals surface area contributed by atoms with Gasteiger partial charge in [-0.3, -0.25) is 14.5 Å². The summed E-state index contributed by atoms with van der Waals surface area (Å²) >= 11 is 6.06. The van der Waals surface area contributed by atoms with Crippen molar-refractivity contribution in [2.24, 2.45) is 0 Å². The van der Waals surface area contributed by atoms with Gasteiger partial charge in [0.15, 0.2) is 11.2 Å². The molecule has 2 aromatic heterocycles. The molecule has 1 atom stereocenters. The van der Waals surface area contributed by atoms with E-state index in [0.717, 1.165) is 16.7 Å². The molecule has 6 nitrogen and oxygen atoms in total. The van der Waals surface area contributed by atoms with E-state index in [-0.39, 0.29) is 11.2 Å². The fraction of sp³-hybridized carbons (Fsp3) is 0.174. The van der Waals surface area contributed by atoms with Gasteiger partial charge < -0.3 is 8.94 Å². The second-order valence-electron chi connectivity index (χ2n) is 7.53. The maximum Gasteiger partial charge on any atom is 0.296 e. The Bertz CT molecular complexity index is 1390. The quantitative estimate of drug-likeness (QED) is 0.450. The molecule has 1 aliphatic rings. The standard InChI is InChI=1S/C23H17ClN2O4/c1-11-8-16-17(9-12(11)2)29-22-19(21(16)27)20(14-4-6-15(24)7-5-14)26(23(22)28)18-10-13(3)30-25-18/h4-10,20H,1-3H3/t20-/m1/s1. The first-order chi connectivity index (χ1) is 14.3. The Morgan fingerprint density at radius 2 is 1.70 bits per heavy atom. The average Bonchev–Trinajstić information content (AvgIpc) is 3.26. The molecule has 30 heavy (non-hydrogen) atoms. The Balaban J connectivity index is 1.83. The van der Waals surface area contributed by atoms with Gasteiger partial charge in [-0.25, -0.2) is 0 Å². The molecule has 3 heterocycles. The molecule has 1 amide bonds. The number of rotatable bonds is 2. The summed E-state index contributed by atoms with van der Waals surface area (Å²) in [5, 5.41) is 5.02. The van der Waals surface area contributed by atoms with Crippen LogP contribution in [0.4, 0.5) is 5.82 Å². The second-order valence-corrected chi connectivity index (χ2v) is 7.97. The van der Waals surface area contributed by atoms with E-state index in [2.05, 4.69) is 5.16 Å². The molecule has 0 saturated heterocycles. The van der Waals surface area contributed by atoms with Crippen molar-refractivity contribution >= 4 is 34.3 Å². The van der Waals surface area contributed by atoms with Gasteiger partial charge in [0.1, 0.15) is 11.3 Å².